The number of nitrogens with zero attached hydrogens (tertiary/aromatic N) is 1. The predicted molar refractivity (Wildman–Crippen MR) is 88.1 cm³/mol. The van der Waals surface area contributed by atoms with Crippen molar-refractivity contribution in [3.05, 3.63) is 39.1 Å². The van der Waals surface area contributed by atoms with E-state index in [2.05, 4.69) is 15.9 Å². The van der Waals surface area contributed by atoms with E-state index >= 15 is 0 Å². The third-order valence-electron chi connectivity index (χ3n) is 2.66. The number of halogens is 2. The van der Waals surface area contributed by atoms with Gasteiger partial charge in [-0.1, -0.05) is 23.7 Å². The Morgan fingerprint density at radius 3 is 2.55 bits per heavy atom. The van der Waals surface area contributed by atoms with Crippen LogP contribution < -0.4 is 10.0 Å². The molecule has 0 saturated heterocycles. The van der Waals surface area contributed by atoms with Crippen LogP contribution in [0.1, 0.15) is 6.92 Å². The molecule has 0 aliphatic heterocycles. The Morgan fingerprint density at radius 1 is 1.40 bits per heavy atom. The zero-order valence-electron chi connectivity index (χ0n) is 10.5. The maximum absolute atomic E-state index is 12.7. The molecule has 4 nitrogen and oxygen atoms in total. The van der Waals surface area contributed by atoms with E-state index in [0.29, 0.717) is 20.2 Å². The molecular formula is C12H12BrClN2O2S2. The summed E-state index contributed by atoms with van der Waals surface area (Å²) in [5.74, 6) is 0. The maximum Gasteiger partial charge on any atom is 0.273 e. The molecule has 0 aliphatic rings. The fourth-order valence-corrected chi connectivity index (χ4v) is 5.76. The highest BCUT2D eigenvalue weighted by Gasteiger charge is 2.27. The van der Waals surface area contributed by atoms with Gasteiger partial charge in [-0.2, -0.15) is 0 Å². The van der Waals surface area contributed by atoms with Crippen LogP contribution in [0.2, 0.25) is 5.02 Å². The summed E-state index contributed by atoms with van der Waals surface area (Å²) in [7, 11) is -3.67. The molecule has 0 bridgehead atoms. The Labute approximate surface area is 135 Å². The largest absolute Gasteiger partial charge is 0.397 e. The van der Waals surface area contributed by atoms with Crippen molar-refractivity contribution in [2.75, 3.05) is 16.6 Å². The number of nitrogen functional groups attached to an aromatic ring is 1. The van der Waals surface area contributed by atoms with Crippen LogP contribution in [0.15, 0.2) is 38.3 Å². The molecule has 0 amide bonds. The molecule has 20 heavy (non-hydrogen) atoms. The second-order valence-electron chi connectivity index (χ2n) is 3.92. The second-order valence-corrected chi connectivity index (χ2v) is 8.78. The minimum Gasteiger partial charge on any atom is -0.397 e. The van der Waals surface area contributed by atoms with Gasteiger partial charge in [-0.3, -0.25) is 4.31 Å². The zero-order valence-corrected chi connectivity index (χ0v) is 14.5. The zero-order chi connectivity index (χ0) is 14.9. The van der Waals surface area contributed by atoms with Gasteiger partial charge < -0.3 is 5.73 Å². The van der Waals surface area contributed by atoms with Gasteiger partial charge in [0.2, 0.25) is 0 Å². The van der Waals surface area contributed by atoms with Crippen LogP contribution in [0.5, 0.6) is 0 Å². The van der Waals surface area contributed by atoms with E-state index in [1.165, 1.54) is 10.4 Å². The number of para-hydroxylation sites is 2. The molecule has 1 heterocycles. The van der Waals surface area contributed by atoms with Gasteiger partial charge in [0.1, 0.15) is 4.21 Å². The minimum absolute atomic E-state index is 0.180. The fourth-order valence-electron chi connectivity index (χ4n) is 1.75. The number of benzene rings is 1. The van der Waals surface area contributed by atoms with E-state index in [-0.39, 0.29) is 10.8 Å². The first-order valence-corrected chi connectivity index (χ1v) is 9.12. The van der Waals surface area contributed by atoms with Crippen molar-refractivity contribution in [2.24, 2.45) is 0 Å². The summed E-state index contributed by atoms with van der Waals surface area (Å²) in [6.45, 7) is 2.04. The number of hydrogen-bond acceptors (Lipinski definition) is 4. The summed E-state index contributed by atoms with van der Waals surface area (Å²) in [6, 6.07) is 8.30. The van der Waals surface area contributed by atoms with Gasteiger partial charge >= 0.3 is 0 Å². The summed E-state index contributed by atoms with van der Waals surface area (Å²) in [4.78, 5) is 0. The van der Waals surface area contributed by atoms with Crippen molar-refractivity contribution in [3.63, 3.8) is 0 Å². The van der Waals surface area contributed by atoms with Gasteiger partial charge in [0, 0.05) is 6.54 Å². The third kappa shape index (κ3) is 2.81. The molecule has 0 atom stereocenters. The molecule has 1 aromatic carbocycles. The topological polar surface area (TPSA) is 63.4 Å². The molecule has 0 spiro atoms. The lowest BCUT2D eigenvalue weighted by atomic mass is 10.3. The predicted octanol–water partition coefficient (Wildman–Crippen LogP) is 3.96. The third-order valence-corrected chi connectivity index (χ3v) is 7.47. The van der Waals surface area contributed by atoms with E-state index in [4.69, 9.17) is 17.3 Å². The SMILES string of the molecule is CCN(c1ccccc1N)S(=O)(=O)c1cc(Cl)c(Br)s1. The van der Waals surface area contributed by atoms with Crippen LogP contribution in [0.3, 0.4) is 0 Å². The van der Waals surface area contributed by atoms with E-state index in [1.807, 2.05) is 0 Å². The second kappa shape index (κ2) is 5.93. The van der Waals surface area contributed by atoms with Crippen molar-refractivity contribution in [2.45, 2.75) is 11.1 Å². The maximum atomic E-state index is 12.7. The van der Waals surface area contributed by atoms with Crippen LogP contribution in [0.25, 0.3) is 0 Å². The number of thiophene rings is 1. The normalized spacial score (nSPS) is 11.6. The summed E-state index contributed by atoms with van der Waals surface area (Å²) < 4.78 is 27.4. The van der Waals surface area contributed by atoms with Gasteiger partial charge in [0.05, 0.1) is 20.2 Å². The highest BCUT2D eigenvalue weighted by Crippen LogP contribution is 2.37. The number of sulfonamides is 1. The van der Waals surface area contributed by atoms with E-state index in [1.54, 1.807) is 31.2 Å². The summed E-state index contributed by atoms with van der Waals surface area (Å²) in [6.07, 6.45) is 0. The van der Waals surface area contributed by atoms with Crippen LogP contribution >= 0.6 is 38.9 Å². The molecule has 1 aromatic heterocycles. The van der Waals surface area contributed by atoms with Gasteiger partial charge in [0.25, 0.3) is 10.0 Å². The Hall–Kier alpha value is -0.760. The molecule has 2 aromatic rings. The summed E-state index contributed by atoms with van der Waals surface area (Å²) in [5, 5.41) is 0.380. The lowest BCUT2D eigenvalue weighted by Gasteiger charge is -2.23. The van der Waals surface area contributed by atoms with E-state index in [0.717, 1.165) is 11.3 Å². The fraction of sp³-hybridized carbons (Fsp3) is 0.167. The Morgan fingerprint density at radius 2 is 2.05 bits per heavy atom. The Balaban J connectivity index is 2.53. The van der Waals surface area contributed by atoms with Crippen LogP contribution in [0.4, 0.5) is 11.4 Å². The first-order valence-electron chi connectivity index (χ1n) is 5.70. The average molecular weight is 396 g/mol. The quantitative estimate of drug-likeness (QED) is 0.797. The van der Waals surface area contributed by atoms with Gasteiger partial charge in [-0.25, -0.2) is 8.42 Å². The number of nitrogens with two attached hydrogens (primary N) is 1. The standard InChI is InChI=1S/C12H12BrClN2O2S2/c1-2-16(10-6-4-3-5-9(10)15)20(17,18)11-7-8(14)12(13)19-11/h3-7H,2,15H2,1H3. The van der Waals surface area contributed by atoms with Crippen molar-refractivity contribution < 1.29 is 8.42 Å². The van der Waals surface area contributed by atoms with E-state index < -0.39 is 10.0 Å². The number of rotatable bonds is 4. The molecule has 108 valence electrons. The van der Waals surface area contributed by atoms with Crippen molar-refractivity contribution >= 4 is 60.3 Å². The lowest BCUT2D eigenvalue weighted by Crippen LogP contribution is -2.30. The molecule has 8 heteroatoms. The first kappa shape index (κ1) is 15.6. The summed E-state index contributed by atoms with van der Waals surface area (Å²) in [5.41, 5.74) is 6.75. The molecule has 2 N–H and O–H groups in total. The monoisotopic (exact) mass is 394 g/mol. The molecule has 0 aliphatic carbocycles. The van der Waals surface area contributed by atoms with Crippen molar-refractivity contribution in [3.8, 4) is 0 Å². The average Bonchev–Trinajstić information content (AvgIpc) is 2.73. The number of anilines is 2. The van der Waals surface area contributed by atoms with Crippen molar-refractivity contribution in [1.82, 2.24) is 0 Å². The van der Waals surface area contributed by atoms with E-state index in [9.17, 15) is 8.42 Å². The molecule has 2 rings (SSSR count). The van der Waals surface area contributed by atoms with Gasteiger partial charge in [-0.15, -0.1) is 11.3 Å². The first-order chi connectivity index (χ1) is 9.37. The molecule has 0 radical (unpaired) electrons. The van der Waals surface area contributed by atoms with Crippen LogP contribution in [0, 0.1) is 0 Å². The van der Waals surface area contributed by atoms with Crippen LogP contribution in [-0.4, -0.2) is 15.0 Å². The molecular weight excluding hydrogens is 384 g/mol. The minimum atomic E-state index is -3.67. The molecule has 0 fully saturated rings. The smallest absolute Gasteiger partial charge is 0.273 e. The van der Waals surface area contributed by atoms with Crippen LogP contribution in [-0.2, 0) is 10.0 Å². The van der Waals surface area contributed by atoms with Crippen molar-refractivity contribution in [1.29, 1.82) is 0 Å². The molecule has 0 saturated carbocycles. The molecule has 0 unspecified atom stereocenters. The Bertz CT molecular complexity index is 711. The number of hydrogen-bond donors (Lipinski definition) is 1. The van der Waals surface area contributed by atoms with Gasteiger partial charge in [-0.05, 0) is 41.1 Å². The highest BCUT2D eigenvalue weighted by molar-refractivity contribution is 9.11. The Kier molecular flexibility index (Phi) is 4.63. The van der Waals surface area contributed by atoms with Gasteiger partial charge in [0.15, 0.2) is 0 Å². The summed E-state index contributed by atoms with van der Waals surface area (Å²) >= 11 is 10.2. The highest BCUT2D eigenvalue weighted by atomic mass is 79.9. The lowest BCUT2D eigenvalue weighted by molar-refractivity contribution is 0.594.